The van der Waals surface area contributed by atoms with Gasteiger partial charge in [0.25, 0.3) is 0 Å². The van der Waals surface area contributed by atoms with E-state index in [1.807, 2.05) is 25.1 Å². The van der Waals surface area contributed by atoms with Crippen molar-refractivity contribution >= 4 is 5.91 Å². The van der Waals surface area contributed by atoms with E-state index in [4.69, 9.17) is 0 Å². The molecule has 1 rings (SSSR count). The molecule has 3 heteroatoms. The molecular formula is C12H18N2O. The van der Waals surface area contributed by atoms with E-state index in [9.17, 15) is 4.79 Å². The molecule has 0 atom stereocenters. The van der Waals surface area contributed by atoms with Gasteiger partial charge < -0.3 is 0 Å². The SMILES string of the molecule is CCC(=O)NNCCCc1ccccc1. The lowest BCUT2D eigenvalue weighted by molar-refractivity contribution is -0.121. The van der Waals surface area contributed by atoms with Crippen molar-refractivity contribution < 1.29 is 4.79 Å². The van der Waals surface area contributed by atoms with Crippen LogP contribution in [-0.2, 0) is 11.2 Å². The van der Waals surface area contributed by atoms with Crippen molar-refractivity contribution in [3.63, 3.8) is 0 Å². The molecule has 0 saturated heterocycles. The number of rotatable bonds is 6. The number of amides is 1. The van der Waals surface area contributed by atoms with E-state index >= 15 is 0 Å². The maximum Gasteiger partial charge on any atom is 0.233 e. The average Bonchev–Trinajstić information content (AvgIpc) is 2.29. The van der Waals surface area contributed by atoms with Crippen molar-refractivity contribution in [3.8, 4) is 0 Å². The quantitative estimate of drug-likeness (QED) is 0.549. The summed E-state index contributed by atoms with van der Waals surface area (Å²) >= 11 is 0. The van der Waals surface area contributed by atoms with Gasteiger partial charge >= 0.3 is 0 Å². The second-order valence-corrected chi connectivity index (χ2v) is 3.42. The molecule has 0 aliphatic carbocycles. The molecule has 0 radical (unpaired) electrons. The molecule has 0 aliphatic heterocycles. The van der Waals surface area contributed by atoms with Crippen LogP contribution in [-0.4, -0.2) is 12.5 Å². The minimum atomic E-state index is 0.0368. The van der Waals surface area contributed by atoms with Crippen LogP contribution in [0, 0.1) is 0 Å². The maximum absolute atomic E-state index is 10.9. The molecule has 0 fully saturated rings. The third kappa shape index (κ3) is 5.18. The van der Waals surface area contributed by atoms with E-state index in [0.29, 0.717) is 6.42 Å². The van der Waals surface area contributed by atoms with Crippen molar-refractivity contribution in [1.29, 1.82) is 0 Å². The van der Waals surface area contributed by atoms with Crippen LogP contribution in [0.5, 0.6) is 0 Å². The van der Waals surface area contributed by atoms with Crippen LogP contribution in [0.25, 0.3) is 0 Å². The molecule has 0 aromatic heterocycles. The molecule has 1 amide bonds. The number of nitrogens with one attached hydrogen (secondary N) is 2. The summed E-state index contributed by atoms with van der Waals surface area (Å²) in [6.45, 7) is 2.64. The number of hydrazine groups is 1. The molecule has 3 nitrogen and oxygen atoms in total. The van der Waals surface area contributed by atoms with Gasteiger partial charge in [-0.1, -0.05) is 37.3 Å². The molecule has 15 heavy (non-hydrogen) atoms. The van der Waals surface area contributed by atoms with Crippen LogP contribution in [0.1, 0.15) is 25.3 Å². The highest BCUT2D eigenvalue weighted by molar-refractivity contribution is 5.74. The van der Waals surface area contributed by atoms with Gasteiger partial charge in [-0.25, -0.2) is 5.43 Å². The number of carbonyl (C=O) groups excluding carboxylic acids is 1. The first-order valence-electron chi connectivity index (χ1n) is 5.38. The summed E-state index contributed by atoms with van der Waals surface area (Å²) in [5.41, 5.74) is 6.87. The van der Waals surface area contributed by atoms with E-state index in [0.717, 1.165) is 19.4 Å². The lowest BCUT2D eigenvalue weighted by Gasteiger charge is -2.05. The molecule has 82 valence electrons. The molecule has 0 spiro atoms. The predicted molar refractivity (Wildman–Crippen MR) is 61.2 cm³/mol. The maximum atomic E-state index is 10.9. The van der Waals surface area contributed by atoms with Crippen molar-refractivity contribution in [2.24, 2.45) is 0 Å². The summed E-state index contributed by atoms with van der Waals surface area (Å²) in [5, 5.41) is 0. The van der Waals surface area contributed by atoms with Crippen LogP contribution in [0.15, 0.2) is 30.3 Å². The highest BCUT2D eigenvalue weighted by Gasteiger charge is 1.94. The predicted octanol–water partition coefficient (Wildman–Crippen LogP) is 1.65. The molecule has 0 bridgehead atoms. The normalized spacial score (nSPS) is 9.93. The van der Waals surface area contributed by atoms with Gasteiger partial charge in [-0.2, -0.15) is 0 Å². The summed E-state index contributed by atoms with van der Waals surface area (Å²) in [6.07, 6.45) is 2.58. The van der Waals surface area contributed by atoms with Crippen molar-refractivity contribution in [3.05, 3.63) is 35.9 Å². The zero-order valence-corrected chi connectivity index (χ0v) is 9.12. The number of aryl methyl sites for hydroxylation is 1. The molecule has 1 aromatic carbocycles. The second kappa shape index (κ2) is 7.01. The Kier molecular flexibility index (Phi) is 5.48. The molecule has 1 aromatic rings. The Balaban J connectivity index is 2.05. The molecular weight excluding hydrogens is 188 g/mol. The van der Waals surface area contributed by atoms with Gasteiger partial charge in [0, 0.05) is 13.0 Å². The molecule has 2 N–H and O–H groups in total. The van der Waals surface area contributed by atoms with E-state index in [2.05, 4.69) is 23.0 Å². The van der Waals surface area contributed by atoms with Crippen LogP contribution in [0.3, 0.4) is 0 Å². The fraction of sp³-hybridized carbons (Fsp3) is 0.417. The first-order chi connectivity index (χ1) is 7.33. The third-order valence-electron chi connectivity index (χ3n) is 2.16. The van der Waals surface area contributed by atoms with Gasteiger partial charge in [-0.15, -0.1) is 0 Å². The number of hydrogen-bond acceptors (Lipinski definition) is 2. The largest absolute Gasteiger partial charge is 0.292 e. The Morgan fingerprint density at radius 1 is 1.27 bits per heavy atom. The van der Waals surface area contributed by atoms with Crippen molar-refractivity contribution in [2.75, 3.05) is 6.54 Å². The van der Waals surface area contributed by atoms with Gasteiger partial charge in [-0.05, 0) is 18.4 Å². The summed E-state index contributed by atoms with van der Waals surface area (Å²) in [4.78, 5) is 10.9. The topological polar surface area (TPSA) is 41.1 Å². The average molecular weight is 206 g/mol. The Bertz CT molecular complexity index is 285. The van der Waals surface area contributed by atoms with E-state index < -0.39 is 0 Å². The van der Waals surface area contributed by atoms with Crippen LogP contribution >= 0.6 is 0 Å². The standard InChI is InChI=1S/C12H18N2O/c1-2-12(15)14-13-10-6-9-11-7-4-3-5-8-11/h3-5,7-8,13H,2,6,9-10H2,1H3,(H,14,15). The van der Waals surface area contributed by atoms with Gasteiger partial charge in [0.05, 0.1) is 0 Å². The Labute approximate surface area is 90.9 Å². The molecule has 0 heterocycles. The van der Waals surface area contributed by atoms with Gasteiger partial charge in [-0.3, -0.25) is 10.2 Å². The van der Waals surface area contributed by atoms with Gasteiger partial charge in [0.15, 0.2) is 0 Å². The zero-order valence-electron chi connectivity index (χ0n) is 9.12. The van der Waals surface area contributed by atoms with E-state index in [1.165, 1.54) is 5.56 Å². The summed E-state index contributed by atoms with van der Waals surface area (Å²) < 4.78 is 0. The number of benzene rings is 1. The smallest absolute Gasteiger partial charge is 0.233 e. The molecule has 0 aliphatic rings. The number of hydrogen-bond donors (Lipinski definition) is 2. The Hall–Kier alpha value is -1.35. The summed E-state index contributed by atoms with van der Waals surface area (Å²) in [7, 11) is 0. The first kappa shape index (κ1) is 11.7. The fourth-order valence-electron chi connectivity index (χ4n) is 1.28. The van der Waals surface area contributed by atoms with E-state index in [-0.39, 0.29) is 5.91 Å². The second-order valence-electron chi connectivity index (χ2n) is 3.42. The Morgan fingerprint density at radius 2 is 2.00 bits per heavy atom. The summed E-state index contributed by atoms with van der Waals surface area (Å²) in [6, 6.07) is 10.3. The highest BCUT2D eigenvalue weighted by atomic mass is 16.2. The van der Waals surface area contributed by atoms with Gasteiger partial charge in [0.1, 0.15) is 0 Å². The van der Waals surface area contributed by atoms with Gasteiger partial charge in [0.2, 0.25) is 5.91 Å². The van der Waals surface area contributed by atoms with Crippen LogP contribution in [0.2, 0.25) is 0 Å². The van der Waals surface area contributed by atoms with Crippen LogP contribution < -0.4 is 10.9 Å². The molecule has 0 unspecified atom stereocenters. The number of carbonyl (C=O) groups is 1. The van der Waals surface area contributed by atoms with Crippen molar-refractivity contribution in [2.45, 2.75) is 26.2 Å². The lowest BCUT2D eigenvalue weighted by Crippen LogP contribution is -2.37. The van der Waals surface area contributed by atoms with E-state index in [1.54, 1.807) is 0 Å². The minimum absolute atomic E-state index is 0.0368. The third-order valence-corrected chi connectivity index (χ3v) is 2.16. The molecule has 0 saturated carbocycles. The summed E-state index contributed by atoms with van der Waals surface area (Å²) in [5.74, 6) is 0.0368. The first-order valence-corrected chi connectivity index (χ1v) is 5.38. The lowest BCUT2D eigenvalue weighted by atomic mass is 10.1. The van der Waals surface area contributed by atoms with Crippen molar-refractivity contribution in [1.82, 2.24) is 10.9 Å². The minimum Gasteiger partial charge on any atom is -0.292 e. The van der Waals surface area contributed by atoms with Crippen LogP contribution in [0.4, 0.5) is 0 Å². The highest BCUT2D eigenvalue weighted by Crippen LogP contribution is 2.00. The Morgan fingerprint density at radius 3 is 2.67 bits per heavy atom. The fourth-order valence-corrected chi connectivity index (χ4v) is 1.28. The zero-order chi connectivity index (χ0) is 10.9. The monoisotopic (exact) mass is 206 g/mol.